The molecular formula is C24H24BrNO3. The van der Waals surface area contributed by atoms with Crippen LogP contribution in [0.4, 0.5) is 0 Å². The van der Waals surface area contributed by atoms with Gasteiger partial charge in [0.05, 0.1) is 19.4 Å². The van der Waals surface area contributed by atoms with Crippen LogP contribution in [0.1, 0.15) is 31.3 Å². The number of nitrogens with zero attached hydrogens (tertiary/aromatic N) is 1. The first-order chi connectivity index (χ1) is 13.8. The highest BCUT2D eigenvalue weighted by atomic mass is 79.9. The molecule has 0 fully saturated rings. The Morgan fingerprint density at radius 1 is 0.966 bits per heavy atom. The third kappa shape index (κ3) is 5.24. The van der Waals surface area contributed by atoms with E-state index in [1.54, 1.807) is 6.07 Å². The van der Waals surface area contributed by atoms with Gasteiger partial charge in [-0.2, -0.15) is 0 Å². The van der Waals surface area contributed by atoms with Crippen LogP contribution in [0.15, 0.2) is 65.1 Å². The molecule has 29 heavy (non-hydrogen) atoms. The number of esters is 1. The van der Waals surface area contributed by atoms with Crippen molar-refractivity contribution in [2.24, 2.45) is 5.41 Å². The largest absolute Gasteiger partial charge is 0.492 e. The summed E-state index contributed by atoms with van der Waals surface area (Å²) in [6.07, 6.45) is 0. The minimum Gasteiger partial charge on any atom is -0.492 e. The second kappa shape index (κ2) is 8.78. The van der Waals surface area contributed by atoms with E-state index in [1.165, 1.54) is 7.11 Å². The van der Waals surface area contributed by atoms with Crippen molar-refractivity contribution in [3.63, 3.8) is 0 Å². The second-order valence-corrected chi connectivity index (χ2v) is 8.85. The number of hydrogen-bond acceptors (Lipinski definition) is 4. The van der Waals surface area contributed by atoms with Gasteiger partial charge in [0.2, 0.25) is 0 Å². The first-order valence-electron chi connectivity index (χ1n) is 9.36. The van der Waals surface area contributed by atoms with Crippen molar-refractivity contribution >= 4 is 21.9 Å². The summed E-state index contributed by atoms with van der Waals surface area (Å²) < 4.78 is 11.9. The van der Waals surface area contributed by atoms with E-state index < -0.39 is 5.97 Å². The number of carbonyl (C=O) groups is 1. The average molecular weight is 454 g/mol. The molecule has 0 aliphatic heterocycles. The molecule has 0 unspecified atom stereocenters. The van der Waals surface area contributed by atoms with Crippen LogP contribution in [0.3, 0.4) is 0 Å². The van der Waals surface area contributed by atoms with Gasteiger partial charge >= 0.3 is 5.97 Å². The van der Waals surface area contributed by atoms with Crippen molar-refractivity contribution in [1.82, 2.24) is 4.98 Å². The van der Waals surface area contributed by atoms with Crippen molar-refractivity contribution < 1.29 is 14.3 Å². The topological polar surface area (TPSA) is 48.4 Å². The minimum absolute atomic E-state index is 0.0419. The van der Waals surface area contributed by atoms with Gasteiger partial charge in [0, 0.05) is 15.6 Å². The van der Waals surface area contributed by atoms with E-state index in [0.29, 0.717) is 12.3 Å². The Morgan fingerprint density at radius 3 is 2.38 bits per heavy atom. The average Bonchev–Trinajstić information content (AvgIpc) is 2.71. The fourth-order valence-electron chi connectivity index (χ4n) is 2.88. The molecule has 0 spiro atoms. The summed E-state index contributed by atoms with van der Waals surface area (Å²) in [4.78, 5) is 16.4. The molecule has 0 atom stereocenters. The summed E-state index contributed by atoms with van der Waals surface area (Å²) in [7, 11) is 1.35. The number of carbonyl (C=O) groups excluding carboxylic acids is 1. The molecule has 5 heteroatoms. The van der Waals surface area contributed by atoms with Crippen LogP contribution in [-0.4, -0.2) is 24.7 Å². The molecule has 0 aliphatic carbocycles. The van der Waals surface area contributed by atoms with Gasteiger partial charge in [0.15, 0.2) is 0 Å². The second-order valence-electron chi connectivity index (χ2n) is 7.94. The Hall–Kier alpha value is -2.66. The smallest absolute Gasteiger partial charge is 0.356 e. The van der Waals surface area contributed by atoms with Crippen LogP contribution in [-0.2, 0) is 4.74 Å². The monoisotopic (exact) mass is 453 g/mol. The first-order valence-corrected chi connectivity index (χ1v) is 10.2. The summed E-state index contributed by atoms with van der Waals surface area (Å²) in [6, 6.07) is 19.3. The number of halogens is 1. The highest BCUT2D eigenvalue weighted by Gasteiger charge is 2.17. The summed E-state index contributed by atoms with van der Waals surface area (Å²) >= 11 is 3.57. The third-order valence-corrected chi connectivity index (χ3v) is 4.73. The van der Waals surface area contributed by atoms with Gasteiger partial charge in [-0.05, 0) is 41.3 Å². The molecule has 4 nitrogen and oxygen atoms in total. The number of ether oxygens (including phenoxy) is 2. The molecule has 0 aliphatic rings. The summed E-state index contributed by atoms with van der Waals surface area (Å²) in [6.45, 7) is 7.02. The van der Waals surface area contributed by atoms with Gasteiger partial charge in [-0.1, -0.05) is 67.0 Å². The molecule has 0 saturated carbocycles. The number of hydrogen-bond donors (Lipinski definition) is 0. The lowest BCUT2D eigenvalue weighted by molar-refractivity contribution is 0.0594. The lowest BCUT2D eigenvalue weighted by Crippen LogP contribution is -2.17. The normalized spacial score (nSPS) is 11.2. The predicted molar refractivity (Wildman–Crippen MR) is 119 cm³/mol. The van der Waals surface area contributed by atoms with Gasteiger partial charge in [-0.15, -0.1) is 0 Å². The van der Waals surface area contributed by atoms with Crippen LogP contribution in [0.5, 0.6) is 5.75 Å². The van der Waals surface area contributed by atoms with Gasteiger partial charge in [-0.3, -0.25) is 0 Å². The quantitative estimate of drug-likeness (QED) is 0.419. The van der Waals surface area contributed by atoms with Crippen molar-refractivity contribution in [2.45, 2.75) is 20.8 Å². The highest BCUT2D eigenvalue weighted by molar-refractivity contribution is 9.10. The zero-order chi connectivity index (χ0) is 21.0. The third-order valence-electron chi connectivity index (χ3n) is 4.24. The van der Waals surface area contributed by atoms with Crippen LogP contribution in [0.25, 0.3) is 22.4 Å². The Kier molecular flexibility index (Phi) is 6.38. The molecule has 1 heterocycles. The van der Waals surface area contributed by atoms with Crippen molar-refractivity contribution in [2.75, 3.05) is 13.7 Å². The number of aromatic nitrogens is 1. The van der Waals surface area contributed by atoms with Crippen LogP contribution < -0.4 is 4.74 Å². The lowest BCUT2D eigenvalue weighted by atomic mass is 9.96. The highest BCUT2D eigenvalue weighted by Crippen LogP contribution is 2.39. The van der Waals surface area contributed by atoms with E-state index in [9.17, 15) is 4.79 Å². The van der Waals surface area contributed by atoms with Crippen LogP contribution in [0, 0.1) is 5.41 Å². The van der Waals surface area contributed by atoms with Crippen LogP contribution in [0.2, 0.25) is 0 Å². The van der Waals surface area contributed by atoms with Gasteiger partial charge in [0.1, 0.15) is 11.4 Å². The standard InChI is InChI=1S/C24H24BrNO3/c1-24(2,3)15-29-22-13-12-16(25)14-19(22)17-8-5-6-9-18(17)20-10-7-11-21(26-20)23(27)28-4/h5-14H,15H2,1-4H3. The van der Waals surface area contributed by atoms with Gasteiger partial charge in [0.25, 0.3) is 0 Å². The molecule has 1 aromatic heterocycles. The Balaban J connectivity index is 2.11. The van der Waals surface area contributed by atoms with E-state index in [2.05, 4.69) is 41.7 Å². The SMILES string of the molecule is COC(=O)c1cccc(-c2ccccc2-c2cc(Br)ccc2OCC(C)(C)C)n1. The summed E-state index contributed by atoms with van der Waals surface area (Å²) in [5.74, 6) is 0.348. The molecule has 0 saturated heterocycles. The summed E-state index contributed by atoms with van der Waals surface area (Å²) in [5.41, 5.74) is 3.87. The molecule has 3 aromatic rings. The molecular weight excluding hydrogens is 430 g/mol. The molecule has 150 valence electrons. The predicted octanol–water partition coefficient (Wildman–Crippen LogP) is 6.39. The van der Waals surface area contributed by atoms with Crippen LogP contribution >= 0.6 is 15.9 Å². The zero-order valence-corrected chi connectivity index (χ0v) is 18.6. The minimum atomic E-state index is -0.457. The maximum absolute atomic E-state index is 11.9. The van der Waals surface area contributed by atoms with Gasteiger partial charge in [-0.25, -0.2) is 9.78 Å². The molecule has 3 rings (SSSR count). The number of methoxy groups -OCH3 is 1. The number of pyridine rings is 1. The summed E-state index contributed by atoms with van der Waals surface area (Å²) in [5, 5.41) is 0. The Labute approximate surface area is 180 Å². The first kappa shape index (κ1) is 21.1. The van der Waals surface area contributed by atoms with E-state index in [4.69, 9.17) is 9.47 Å². The number of rotatable bonds is 5. The van der Waals surface area contributed by atoms with E-state index in [-0.39, 0.29) is 11.1 Å². The molecule has 0 N–H and O–H groups in total. The maximum atomic E-state index is 11.9. The molecule has 0 amide bonds. The zero-order valence-electron chi connectivity index (χ0n) is 17.0. The Morgan fingerprint density at radius 2 is 1.69 bits per heavy atom. The van der Waals surface area contributed by atoms with Crippen molar-refractivity contribution in [3.8, 4) is 28.1 Å². The van der Waals surface area contributed by atoms with Gasteiger partial charge < -0.3 is 9.47 Å². The molecule has 2 aromatic carbocycles. The lowest BCUT2D eigenvalue weighted by Gasteiger charge is -2.21. The fraction of sp³-hybridized carbons (Fsp3) is 0.250. The molecule has 0 bridgehead atoms. The maximum Gasteiger partial charge on any atom is 0.356 e. The van der Waals surface area contributed by atoms with E-state index >= 15 is 0 Å². The Bertz CT molecular complexity index is 1020. The number of benzene rings is 2. The fourth-order valence-corrected chi connectivity index (χ4v) is 3.24. The van der Waals surface area contributed by atoms with Crippen molar-refractivity contribution in [3.05, 3.63) is 70.8 Å². The van der Waals surface area contributed by atoms with E-state index in [0.717, 1.165) is 26.9 Å². The van der Waals surface area contributed by atoms with E-state index in [1.807, 2.05) is 54.6 Å². The molecule has 0 radical (unpaired) electrons. The van der Waals surface area contributed by atoms with Crippen molar-refractivity contribution in [1.29, 1.82) is 0 Å².